The molecule has 2 aromatic rings. The van der Waals surface area contributed by atoms with Crippen molar-refractivity contribution < 1.29 is 35.5 Å². The van der Waals surface area contributed by atoms with E-state index in [9.17, 15) is 35.5 Å². The standard InChI is InChI=1S/C19H11Cl3F7NO/c20-13-4-9(5-14(21)17(13)22)11(18(24,25)26)6-15(23)8-1-2-10(16(31)7-30)12(3-8)19(27,28)29/h1-6,11H,7,30H2/b15-6-. The van der Waals surface area contributed by atoms with Gasteiger partial charge in [0.05, 0.1) is 27.2 Å². The lowest BCUT2D eigenvalue weighted by molar-refractivity contribution is -0.140. The molecule has 0 aliphatic rings. The van der Waals surface area contributed by atoms with Gasteiger partial charge in [-0.05, 0) is 29.8 Å². The third kappa shape index (κ3) is 5.91. The predicted octanol–water partition coefficient (Wildman–Crippen LogP) is 7.46. The summed E-state index contributed by atoms with van der Waals surface area (Å²) in [5.41, 5.74) is 1.33. The number of hydrogen-bond donors (Lipinski definition) is 1. The molecule has 2 nitrogen and oxygen atoms in total. The maximum atomic E-state index is 14.7. The Morgan fingerprint density at radius 2 is 1.55 bits per heavy atom. The second-order valence-corrected chi connectivity index (χ2v) is 7.41. The highest BCUT2D eigenvalue weighted by Gasteiger charge is 2.41. The molecule has 12 heteroatoms. The monoisotopic (exact) mass is 507 g/mol. The molecule has 2 rings (SSSR count). The zero-order valence-corrected chi connectivity index (χ0v) is 17.3. The minimum Gasteiger partial charge on any atom is -0.324 e. The molecule has 0 spiro atoms. The molecule has 0 heterocycles. The van der Waals surface area contributed by atoms with Crippen LogP contribution in [0, 0.1) is 0 Å². The molecule has 0 radical (unpaired) electrons. The highest BCUT2D eigenvalue weighted by molar-refractivity contribution is 6.48. The highest BCUT2D eigenvalue weighted by Crippen LogP contribution is 2.42. The summed E-state index contributed by atoms with van der Waals surface area (Å²) >= 11 is 17.2. The highest BCUT2D eigenvalue weighted by atomic mass is 35.5. The van der Waals surface area contributed by atoms with E-state index in [0.29, 0.717) is 6.07 Å². The van der Waals surface area contributed by atoms with Crippen molar-refractivity contribution >= 4 is 46.4 Å². The fourth-order valence-corrected chi connectivity index (χ4v) is 3.27. The number of rotatable bonds is 5. The van der Waals surface area contributed by atoms with Gasteiger partial charge < -0.3 is 5.73 Å². The minimum absolute atomic E-state index is 0.0792. The van der Waals surface area contributed by atoms with E-state index < -0.39 is 58.7 Å². The smallest absolute Gasteiger partial charge is 0.324 e. The summed E-state index contributed by atoms with van der Waals surface area (Å²) in [6.45, 7) is -0.741. The van der Waals surface area contributed by atoms with Gasteiger partial charge in [0, 0.05) is 11.1 Å². The molecule has 2 aromatic carbocycles. The SMILES string of the molecule is NCC(=O)c1ccc(/C(F)=C/C(c2cc(Cl)c(Cl)c(Cl)c2)C(F)(F)F)cc1C(F)(F)F. The first kappa shape index (κ1) is 25.5. The van der Waals surface area contributed by atoms with Crippen molar-refractivity contribution in [2.45, 2.75) is 18.3 Å². The van der Waals surface area contributed by atoms with Crippen molar-refractivity contribution in [3.05, 3.63) is 73.7 Å². The van der Waals surface area contributed by atoms with Gasteiger partial charge in [-0.2, -0.15) is 26.3 Å². The molecule has 168 valence electrons. The molecule has 0 bridgehead atoms. The van der Waals surface area contributed by atoms with E-state index in [0.717, 1.165) is 18.2 Å². The number of allylic oxidation sites excluding steroid dienone is 1. The van der Waals surface area contributed by atoms with Crippen molar-refractivity contribution in [2.75, 3.05) is 6.54 Å². The maximum Gasteiger partial charge on any atom is 0.417 e. The van der Waals surface area contributed by atoms with E-state index in [1.165, 1.54) is 0 Å². The van der Waals surface area contributed by atoms with Crippen LogP contribution in [0.4, 0.5) is 30.7 Å². The minimum atomic E-state index is -5.07. The summed E-state index contributed by atoms with van der Waals surface area (Å²) < 4.78 is 95.2. The molecule has 0 aliphatic carbocycles. The molecule has 0 amide bonds. The zero-order chi connectivity index (χ0) is 23.7. The molecular formula is C19H11Cl3F7NO. The average Bonchev–Trinajstić information content (AvgIpc) is 2.67. The maximum absolute atomic E-state index is 14.7. The van der Waals surface area contributed by atoms with Crippen molar-refractivity contribution in [3.8, 4) is 0 Å². The first-order valence-electron chi connectivity index (χ1n) is 8.20. The zero-order valence-electron chi connectivity index (χ0n) is 15.0. The number of benzene rings is 2. The van der Waals surface area contributed by atoms with Gasteiger partial charge in [0.1, 0.15) is 11.7 Å². The fourth-order valence-electron chi connectivity index (χ4n) is 2.66. The summed E-state index contributed by atoms with van der Waals surface area (Å²) in [5.74, 6) is -5.27. The second-order valence-electron chi connectivity index (χ2n) is 6.22. The lowest BCUT2D eigenvalue weighted by Gasteiger charge is -2.19. The Kier molecular flexibility index (Phi) is 7.68. The molecule has 1 atom stereocenters. The van der Waals surface area contributed by atoms with E-state index in [4.69, 9.17) is 40.5 Å². The Labute approximate surface area is 186 Å². The summed E-state index contributed by atoms with van der Waals surface area (Å²) in [7, 11) is 0. The molecule has 2 N–H and O–H groups in total. The van der Waals surface area contributed by atoms with Crippen LogP contribution < -0.4 is 5.73 Å². The average molecular weight is 509 g/mol. The van der Waals surface area contributed by atoms with Gasteiger partial charge in [0.2, 0.25) is 0 Å². The van der Waals surface area contributed by atoms with Gasteiger partial charge in [-0.1, -0.05) is 46.9 Å². The quantitative estimate of drug-likeness (QED) is 0.259. The van der Waals surface area contributed by atoms with Gasteiger partial charge in [0.15, 0.2) is 5.78 Å². The Morgan fingerprint density at radius 1 is 1.00 bits per heavy atom. The number of halogens is 10. The topological polar surface area (TPSA) is 43.1 Å². The van der Waals surface area contributed by atoms with E-state index in [1.807, 2.05) is 0 Å². The van der Waals surface area contributed by atoms with E-state index in [2.05, 4.69) is 0 Å². The number of carbonyl (C=O) groups is 1. The van der Waals surface area contributed by atoms with Gasteiger partial charge in [-0.15, -0.1) is 0 Å². The lowest BCUT2D eigenvalue weighted by Crippen LogP contribution is -2.20. The van der Waals surface area contributed by atoms with Crippen molar-refractivity contribution in [1.82, 2.24) is 0 Å². The first-order valence-corrected chi connectivity index (χ1v) is 9.33. The Balaban J connectivity index is 2.62. The molecule has 0 aliphatic heterocycles. The van der Waals surface area contributed by atoms with Crippen molar-refractivity contribution in [1.29, 1.82) is 0 Å². The van der Waals surface area contributed by atoms with E-state index in [1.54, 1.807) is 0 Å². The van der Waals surface area contributed by atoms with Crippen LogP contribution in [0.5, 0.6) is 0 Å². The van der Waals surface area contributed by atoms with E-state index >= 15 is 0 Å². The van der Waals surface area contributed by atoms with Crippen molar-refractivity contribution in [3.63, 3.8) is 0 Å². The predicted molar refractivity (Wildman–Crippen MR) is 104 cm³/mol. The molecular weight excluding hydrogens is 498 g/mol. The Hall–Kier alpha value is -1.81. The first-order chi connectivity index (χ1) is 14.2. The lowest BCUT2D eigenvalue weighted by atomic mass is 9.95. The van der Waals surface area contributed by atoms with Crippen LogP contribution in [0.25, 0.3) is 5.83 Å². The largest absolute Gasteiger partial charge is 0.417 e. The fraction of sp³-hybridized carbons (Fsp3) is 0.211. The van der Waals surface area contributed by atoms with Crippen molar-refractivity contribution in [2.24, 2.45) is 5.73 Å². The van der Waals surface area contributed by atoms with Crippen LogP contribution in [-0.2, 0) is 6.18 Å². The molecule has 0 fully saturated rings. The number of carbonyl (C=O) groups excluding carboxylic acids is 1. The number of hydrogen-bond acceptors (Lipinski definition) is 2. The van der Waals surface area contributed by atoms with Gasteiger partial charge in [0.25, 0.3) is 0 Å². The van der Waals surface area contributed by atoms with Crippen LogP contribution in [-0.4, -0.2) is 18.5 Å². The second kappa shape index (κ2) is 9.36. The summed E-state index contributed by atoms with van der Waals surface area (Å²) in [5, 5.41) is -0.861. The molecule has 0 aromatic heterocycles. The van der Waals surface area contributed by atoms with Crippen LogP contribution in [0.15, 0.2) is 36.4 Å². The number of ketones is 1. The van der Waals surface area contributed by atoms with Crippen LogP contribution in [0.3, 0.4) is 0 Å². The Bertz CT molecular complexity index is 1010. The summed E-state index contributed by atoms with van der Waals surface area (Å²) in [4.78, 5) is 11.6. The number of nitrogens with two attached hydrogens (primary N) is 1. The normalized spacial score (nSPS) is 14.0. The molecule has 0 saturated heterocycles. The summed E-state index contributed by atoms with van der Waals surface area (Å²) in [6, 6.07) is 3.28. The number of alkyl halides is 6. The third-order valence-corrected chi connectivity index (χ3v) is 5.31. The van der Waals surface area contributed by atoms with E-state index in [-0.39, 0.29) is 27.2 Å². The van der Waals surface area contributed by atoms with Crippen LogP contribution in [0.1, 0.15) is 33.0 Å². The van der Waals surface area contributed by atoms with Gasteiger partial charge in [-0.3, -0.25) is 4.79 Å². The summed E-state index contributed by atoms with van der Waals surface area (Å²) in [6.07, 6.45) is -10.0. The number of Topliss-reactive ketones (excluding diaryl/α,β-unsaturated/α-hetero) is 1. The molecule has 0 saturated carbocycles. The molecule has 1 unspecified atom stereocenters. The molecule has 31 heavy (non-hydrogen) atoms. The Morgan fingerprint density at radius 3 is 2.00 bits per heavy atom. The van der Waals surface area contributed by atoms with Gasteiger partial charge in [-0.25, -0.2) is 4.39 Å². The van der Waals surface area contributed by atoms with Crippen LogP contribution in [0.2, 0.25) is 15.1 Å². The third-order valence-electron chi connectivity index (χ3n) is 4.12. The van der Waals surface area contributed by atoms with Crippen LogP contribution >= 0.6 is 34.8 Å². The van der Waals surface area contributed by atoms with Gasteiger partial charge >= 0.3 is 12.4 Å².